The number of hydrogen-bond acceptors (Lipinski definition) is 3. The summed E-state index contributed by atoms with van der Waals surface area (Å²) in [6.07, 6.45) is 2.76. The van der Waals surface area contributed by atoms with Crippen LogP contribution in [0, 0.1) is 18.3 Å². The summed E-state index contributed by atoms with van der Waals surface area (Å²) in [5.74, 6) is -0.263. The van der Waals surface area contributed by atoms with Gasteiger partial charge in [-0.3, -0.25) is 4.79 Å². The lowest BCUT2D eigenvalue weighted by Crippen LogP contribution is -2.50. The molecule has 0 atom stereocenters. The van der Waals surface area contributed by atoms with E-state index < -0.39 is 5.54 Å². The predicted octanol–water partition coefficient (Wildman–Crippen LogP) is 3.38. The summed E-state index contributed by atoms with van der Waals surface area (Å²) in [7, 11) is 0. The van der Waals surface area contributed by atoms with Crippen LogP contribution in [0.5, 0.6) is 5.75 Å². The number of amides is 1. The summed E-state index contributed by atoms with van der Waals surface area (Å²) in [6.45, 7) is 1.81. The lowest BCUT2D eigenvalue weighted by atomic mass is 9.71. The Morgan fingerprint density at radius 3 is 2.43 bits per heavy atom. The van der Waals surface area contributed by atoms with Gasteiger partial charge in [0.25, 0.3) is 5.91 Å². The molecular weight excluding hydrogens is 288 g/mol. The normalized spacial score (nSPS) is 15.3. The Morgan fingerprint density at radius 2 is 1.91 bits per heavy atom. The number of hydrogen-bond donors (Lipinski definition) is 2. The minimum absolute atomic E-state index is 0.00296. The highest BCUT2D eigenvalue weighted by Crippen LogP contribution is 2.41. The van der Waals surface area contributed by atoms with Crippen LogP contribution in [0.25, 0.3) is 0 Å². The quantitative estimate of drug-likeness (QED) is 0.913. The molecule has 4 heteroatoms. The molecule has 0 aromatic heterocycles. The average molecular weight is 306 g/mol. The molecule has 4 nitrogen and oxygen atoms in total. The van der Waals surface area contributed by atoms with Crippen LogP contribution in [0.2, 0.25) is 0 Å². The van der Waals surface area contributed by atoms with Gasteiger partial charge in [-0.2, -0.15) is 5.26 Å². The van der Waals surface area contributed by atoms with E-state index in [0.29, 0.717) is 11.1 Å². The maximum Gasteiger partial charge on any atom is 0.256 e. The zero-order valence-electron chi connectivity index (χ0n) is 13.0. The Labute approximate surface area is 135 Å². The molecule has 0 radical (unpaired) electrons. The van der Waals surface area contributed by atoms with Crippen LogP contribution in [0.15, 0.2) is 42.5 Å². The Hall–Kier alpha value is -2.80. The van der Waals surface area contributed by atoms with E-state index in [0.717, 1.165) is 30.4 Å². The van der Waals surface area contributed by atoms with E-state index in [1.54, 1.807) is 18.2 Å². The van der Waals surface area contributed by atoms with Crippen molar-refractivity contribution < 1.29 is 9.90 Å². The molecule has 2 N–H and O–H groups in total. The molecule has 0 aliphatic heterocycles. The first-order valence-electron chi connectivity index (χ1n) is 7.67. The summed E-state index contributed by atoms with van der Waals surface area (Å²) in [4.78, 5) is 12.7. The lowest BCUT2D eigenvalue weighted by molar-refractivity contribution is 0.0820. The second-order valence-electron chi connectivity index (χ2n) is 6.05. The van der Waals surface area contributed by atoms with Gasteiger partial charge in [-0.15, -0.1) is 0 Å². The van der Waals surface area contributed by atoms with Crippen LogP contribution < -0.4 is 5.32 Å². The highest BCUT2D eigenvalue weighted by molar-refractivity contribution is 5.98. The molecule has 1 fully saturated rings. The fraction of sp³-hybridized carbons (Fsp3) is 0.263. The molecule has 0 unspecified atom stereocenters. The topological polar surface area (TPSA) is 73.1 Å². The largest absolute Gasteiger partial charge is 0.507 e. The maximum atomic E-state index is 12.7. The summed E-state index contributed by atoms with van der Waals surface area (Å²) in [5, 5.41) is 22.0. The zero-order chi connectivity index (χ0) is 16.4. The minimum atomic E-state index is -0.403. The van der Waals surface area contributed by atoms with E-state index >= 15 is 0 Å². The van der Waals surface area contributed by atoms with Gasteiger partial charge in [0.05, 0.1) is 22.7 Å². The fourth-order valence-corrected chi connectivity index (χ4v) is 3.11. The molecule has 1 saturated carbocycles. The van der Waals surface area contributed by atoms with Gasteiger partial charge < -0.3 is 10.4 Å². The molecule has 1 aliphatic carbocycles. The molecule has 0 heterocycles. The Kier molecular flexibility index (Phi) is 3.79. The molecule has 0 saturated heterocycles. The number of phenolic OH excluding ortho intramolecular Hbond substituents is 1. The second-order valence-corrected chi connectivity index (χ2v) is 6.05. The molecule has 2 aromatic rings. The van der Waals surface area contributed by atoms with Crippen molar-refractivity contribution in [1.29, 1.82) is 5.26 Å². The summed E-state index contributed by atoms with van der Waals surface area (Å²) >= 11 is 0. The number of carbonyl (C=O) groups excluding carboxylic acids is 1. The summed E-state index contributed by atoms with van der Waals surface area (Å²) < 4.78 is 0. The molecule has 2 aromatic carbocycles. The van der Waals surface area contributed by atoms with Crippen LogP contribution >= 0.6 is 0 Å². The van der Waals surface area contributed by atoms with Crippen LogP contribution in [0.1, 0.15) is 46.3 Å². The molecule has 3 rings (SSSR count). The molecule has 1 aliphatic rings. The van der Waals surface area contributed by atoms with Gasteiger partial charge >= 0.3 is 0 Å². The number of phenols is 1. The van der Waals surface area contributed by atoms with Gasteiger partial charge in [-0.25, -0.2) is 0 Å². The number of carbonyl (C=O) groups is 1. The van der Waals surface area contributed by atoms with E-state index in [2.05, 4.69) is 11.4 Å². The summed E-state index contributed by atoms with van der Waals surface area (Å²) in [5.41, 5.74) is 2.28. The van der Waals surface area contributed by atoms with Gasteiger partial charge in [0.1, 0.15) is 5.75 Å². The standard InChI is InChI=1S/C19H18N2O2/c1-13-4-2-5-16(22)17(13)18(23)21-19(10-3-11-19)15-8-6-14(12-20)7-9-15/h2,4-9,22H,3,10-11H2,1H3,(H,21,23). The predicted molar refractivity (Wildman–Crippen MR) is 87.0 cm³/mol. The van der Waals surface area contributed by atoms with Crippen molar-refractivity contribution >= 4 is 5.91 Å². The smallest absolute Gasteiger partial charge is 0.256 e. The van der Waals surface area contributed by atoms with Gasteiger partial charge in [0.15, 0.2) is 0 Å². The Balaban J connectivity index is 1.89. The van der Waals surface area contributed by atoms with E-state index in [1.807, 2.05) is 25.1 Å². The van der Waals surface area contributed by atoms with Crippen LogP contribution in [-0.4, -0.2) is 11.0 Å². The van der Waals surface area contributed by atoms with E-state index in [1.165, 1.54) is 6.07 Å². The molecule has 116 valence electrons. The highest BCUT2D eigenvalue weighted by atomic mass is 16.3. The second kappa shape index (κ2) is 5.77. The van der Waals surface area contributed by atoms with Crippen molar-refractivity contribution in [3.63, 3.8) is 0 Å². The van der Waals surface area contributed by atoms with E-state index in [4.69, 9.17) is 5.26 Å². The lowest BCUT2D eigenvalue weighted by Gasteiger charge is -2.43. The Bertz CT molecular complexity index is 764. The number of nitrogens with one attached hydrogen (secondary N) is 1. The first-order chi connectivity index (χ1) is 11.1. The van der Waals surface area contributed by atoms with Crippen molar-refractivity contribution in [1.82, 2.24) is 5.32 Å². The number of nitrogens with zero attached hydrogens (tertiary/aromatic N) is 1. The molecule has 0 spiro atoms. The molecular formula is C19H18N2O2. The first kappa shape index (κ1) is 15.1. The third-order valence-electron chi connectivity index (χ3n) is 4.60. The fourth-order valence-electron chi connectivity index (χ4n) is 3.11. The number of nitriles is 1. The van der Waals surface area contributed by atoms with Crippen LogP contribution in [0.4, 0.5) is 0 Å². The number of aryl methyl sites for hydroxylation is 1. The third-order valence-corrected chi connectivity index (χ3v) is 4.60. The van der Waals surface area contributed by atoms with Crippen molar-refractivity contribution in [3.05, 3.63) is 64.7 Å². The third kappa shape index (κ3) is 2.66. The first-order valence-corrected chi connectivity index (χ1v) is 7.67. The maximum absolute atomic E-state index is 12.7. The average Bonchev–Trinajstić information content (AvgIpc) is 2.51. The van der Waals surface area contributed by atoms with Gasteiger partial charge in [-0.1, -0.05) is 24.3 Å². The van der Waals surface area contributed by atoms with Crippen LogP contribution in [0.3, 0.4) is 0 Å². The monoisotopic (exact) mass is 306 g/mol. The summed E-state index contributed by atoms with van der Waals surface area (Å²) in [6, 6.07) is 14.5. The number of benzene rings is 2. The highest BCUT2D eigenvalue weighted by Gasteiger charge is 2.40. The van der Waals surface area contributed by atoms with Crippen molar-refractivity contribution in [3.8, 4) is 11.8 Å². The minimum Gasteiger partial charge on any atom is -0.507 e. The van der Waals surface area contributed by atoms with E-state index in [9.17, 15) is 9.90 Å². The van der Waals surface area contributed by atoms with Crippen molar-refractivity contribution in [2.75, 3.05) is 0 Å². The Morgan fingerprint density at radius 1 is 1.22 bits per heavy atom. The van der Waals surface area contributed by atoms with Gasteiger partial charge in [0.2, 0.25) is 0 Å². The molecule has 1 amide bonds. The number of aromatic hydroxyl groups is 1. The zero-order valence-corrected chi connectivity index (χ0v) is 13.0. The molecule has 23 heavy (non-hydrogen) atoms. The van der Waals surface area contributed by atoms with Crippen molar-refractivity contribution in [2.24, 2.45) is 0 Å². The van der Waals surface area contributed by atoms with E-state index in [-0.39, 0.29) is 11.7 Å². The van der Waals surface area contributed by atoms with Gasteiger partial charge in [-0.05, 0) is 55.5 Å². The van der Waals surface area contributed by atoms with Crippen molar-refractivity contribution in [2.45, 2.75) is 31.7 Å². The van der Waals surface area contributed by atoms with Gasteiger partial charge in [0, 0.05) is 0 Å². The number of rotatable bonds is 3. The SMILES string of the molecule is Cc1cccc(O)c1C(=O)NC1(c2ccc(C#N)cc2)CCC1. The molecule has 0 bridgehead atoms. The van der Waals surface area contributed by atoms with Crippen LogP contribution in [-0.2, 0) is 5.54 Å².